The van der Waals surface area contributed by atoms with Crippen LogP contribution in [0.15, 0.2) is 33.5 Å². The molecule has 2 aromatic rings. The molecule has 0 fully saturated rings. The quantitative estimate of drug-likeness (QED) is 0.756. The third kappa shape index (κ3) is 1.87. The Morgan fingerprint density at radius 3 is 2.35 bits per heavy atom. The van der Waals surface area contributed by atoms with Crippen molar-refractivity contribution in [1.29, 1.82) is 0 Å². The first-order valence-corrected chi connectivity index (χ1v) is 4.53. The zero-order valence-electron chi connectivity index (χ0n) is 8.34. The van der Waals surface area contributed by atoms with Gasteiger partial charge in [-0.2, -0.15) is 0 Å². The lowest BCUT2D eigenvalue weighted by Crippen LogP contribution is -2.13. The smallest absolute Gasteiger partial charge is 0.351 e. The first kappa shape index (κ1) is 10.9. The van der Waals surface area contributed by atoms with Gasteiger partial charge >= 0.3 is 17.6 Å². The fraction of sp³-hybridized carbons (Fsp3) is 0. The third-order valence-electron chi connectivity index (χ3n) is 2.21. The van der Waals surface area contributed by atoms with Crippen molar-refractivity contribution in [3.63, 3.8) is 0 Å². The van der Waals surface area contributed by atoms with Crippen LogP contribution in [0, 0.1) is 0 Å². The predicted molar refractivity (Wildman–Crippen MR) is 56.4 cm³/mol. The van der Waals surface area contributed by atoms with Crippen molar-refractivity contribution < 1.29 is 24.2 Å². The highest BCUT2D eigenvalue weighted by atomic mass is 16.4. The van der Waals surface area contributed by atoms with Crippen molar-refractivity contribution in [1.82, 2.24) is 0 Å². The number of aromatic carboxylic acids is 2. The van der Waals surface area contributed by atoms with Crippen molar-refractivity contribution in [2.24, 2.45) is 0 Å². The Balaban J connectivity index is 2.77. The summed E-state index contributed by atoms with van der Waals surface area (Å²) in [5, 5.41) is 17.7. The molecule has 0 unspecified atom stereocenters. The molecule has 2 rings (SSSR count). The molecule has 0 radical (unpaired) electrons. The molecule has 1 aromatic heterocycles. The van der Waals surface area contributed by atoms with Crippen molar-refractivity contribution >= 4 is 22.9 Å². The lowest BCUT2D eigenvalue weighted by molar-refractivity contribution is 0.0684. The topological polar surface area (TPSA) is 105 Å². The molecule has 0 saturated heterocycles. The largest absolute Gasteiger partial charge is 0.478 e. The maximum atomic E-state index is 11.2. The van der Waals surface area contributed by atoms with Gasteiger partial charge in [-0.05, 0) is 24.3 Å². The maximum Gasteiger partial charge on any atom is 0.351 e. The molecule has 0 aliphatic rings. The minimum Gasteiger partial charge on any atom is -0.478 e. The SMILES string of the molecule is O=C(O)c1ccc2oc(=O)c(C(=O)O)cc2c1. The van der Waals surface area contributed by atoms with Gasteiger partial charge in [0.1, 0.15) is 11.1 Å². The number of hydrogen-bond acceptors (Lipinski definition) is 4. The highest BCUT2D eigenvalue weighted by Gasteiger charge is 2.13. The molecule has 86 valence electrons. The van der Waals surface area contributed by atoms with Gasteiger partial charge in [-0.15, -0.1) is 0 Å². The molecular formula is C11H6O6. The van der Waals surface area contributed by atoms with Crippen LogP contribution in [0.1, 0.15) is 20.7 Å². The maximum absolute atomic E-state index is 11.2. The molecule has 0 bridgehead atoms. The number of carbonyl (C=O) groups is 2. The molecular weight excluding hydrogens is 228 g/mol. The van der Waals surface area contributed by atoms with Gasteiger partial charge in [0.05, 0.1) is 5.56 Å². The van der Waals surface area contributed by atoms with Gasteiger partial charge in [0.2, 0.25) is 0 Å². The first-order valence-electron chi connectivity index (χ1n) is 4.53. The third-order valence-corrected chi connectivity index (χ3v) is 2.21. The van der Waals surface area contributed by atoms with E-state index < -0.39 is 23.1 Å². The normalized spacial score (nSPS) is 10.4. The lowest BCUT2D eigenvalue weighted by atomic mass is 10.1. The number of carboxylic acids is 2. The number of fused-ring (bicyclic) bond motifs is 1. The average Bonchev–Trinajstić information content (AvgIpc) is 2.27. The van der Waals surface area contributed by atoms with E-state index in [1.54, 1.807) is 0 Å². The average molecular weight is 234 g/mol. The van der Waals surface area contributed by atoms with Gasteiger partial charge in [0.25, 0.3) is 0 Å². The molecule has 6 nitrogen and oxygen atoms in total. The summed E-state index contributed by atoms with van der Waals surface area (Å²) in [5.74, 6) is -2.56. The minimum absolute atomic E-state index is 0.0114. The summed E-state index contributed by atoms with van der Waals surface area (Å²) in [6.45, 7) is 0. The van der Waals surface area contributed by atoms with Crippen molar-refractivity contribution in [2.75, 3.05) is 0 Å². The molecule has 0 aliphatic carbocycles. The van der Waals surface area contributed by atoms with Crippen LogP contribution in [0.25, 0.3) is 11.0 Å². The van der Waals surface area contributed by atoms with Crippen LogP contribution >= 0.6 is 0 Å². The van der Waals surface area contributed by atoms with Crippen LogP contribution in [-0.2, 0) is 0 Å². The summed E-state index contributed by atoms with van der Waals surface area (Å²) >= 11 is 0. The van der Waals surface area contributed by atoms with Crippen LogP contribution in [0.3, 0.4) is 0 Å². The summed E-state index contributed by atoms with van der Waals surface area (Å²) in [5.41, 5.74) is -1.36. The van der Waals surface area contributed by atoms with E-state index in [1.165, 1.54) is 18.2 Å². The molecule has 0 atom stereocenters. The number of rotatable bonds is 2. The van der Waals surface area contributed by atoms with Crippen LogP contribution in [0.2, 0.25) is 0 Å². The van der Waals surface area contributed by atoms with Crippen LogP contribution < -0.4 is 5.63 Å². The fourth-order valence-electron chi connectivity index (χ4n) is 1.41. The van der Waals surface area contributed by atoms with Crippen LogP contribution in [-0.4, -0.2) is 22.2 Å². The Labute approximate surface area is 93.7 Å². The Kier molecular flexibility index (Phi) is 2.40. The molecule has 17 heavy (non-hydrogen) atoms. The monoisotopic (exact) mass is 234 g/mol. The zero-order chi connectivity index (χ0) is 12.6. The van der Waals surface area contributed by atoms with Crippen molar-refractivity contribution in [3.05, 3.63) is 45.8 Å². The summed E-state index contributed by atoms with van der Waals surface area (Å²) in [7, 11) is 0. The van der Waals surface area contributed by atoms with E-state index >= 15 is 0 Å². The Morgan fingerprint density at radius 2 is 1.76 bits per heavy atom. The van der Waals surface area contributed by atoms with E-state index in [0.717, 1.165) is 6.07 Å². The van der Waals surface area contributed by atoms with E-state index in [4.69, 9.17) is 14.6 Å². The van der Waals surface area contributed by atoms with Gasteiger partial charge in [0, 0.05) is 5.39 Å². The van der Waals surface area contributed by atoms with Crippen LogP contribution in [0.4, 0.5) is 0 Å². The molecule has 6 heteroatoms. The van der Waals surface area contributed by atoms with Gasteiger partial charge in [0.15, 0.2) is 0 Å². The van der Waals surface area contributed by atoms with Crippen molar-refractivity contribution in [3.8, 4) is 0 Å². The van der Waals surface area contributed by atoms with E-state index in [0.29, 0.717) is 0 Å². The fourth-order valence-corrected chi connectivity index (χ4v) is 1.41. The summed E-state index contributed by atoms with van der Waals surface area (Å²) < 4.78 is 4.76. The number of carboxylic acid groups (broad SMARTS) is 2. The Morgan fingerprint density at radius 1 is 1.06 bits per heavy atom. The van der Waals surface area contributed by atoms with Gasteiger partial charge in [-0.25, -0.2) is 14.4 Å². The second kappa shape index (κ2) is 3.75. The number of hydrogen-bond donors (Lipinski definition) is 2. The van der Waals surface area contributed by atoms with Crippen LogP contribution in [0.5, 0.6) is 0 Å². The molecule has 2 N–H and O–H groups in total. The Bertz CT molecular complexity index is 682. The van der Waals surface area contributed by atoms with Gasteiger partial charge in [-0.1, -0.05) is 0 Å². The summed E-state index contributed by atoms with van der Waals surface area (Å²) in [6.07, 6.45) is 0. The molecule has 1 heterocycles. The van der Waals surface area contributed by atoms with Gasteiger partial charge in [-0.3, -0.25) is 0 Å². The Hall–Kier alpha value is -2.63. The minimum atomic E-state index is -1.42. The second-order valence-electron chi connectivity index (χ2n) is 3.31. The zero-order valence-corrected chi connectivity index (χ0v) is 8.34. The lowest BCUT2D eigenvalue weighted by Gasteiger charge is -1.99. The van der Waals surface area contributed by atoms with E-state index in [9.17, 15) is 14.4 Å². The summed E-state index contributed by atoms with van der Waals surface area (Å²) in [4.78, 5) is 32.7. The summed E-state index contributed by atoms with van der Waals surface area (Å²) in [6, 6.07) is 4.92. The van der Waals surface area contributed by atoms with E-state index in [1.807, 2.05) is 0 Å². The highest BCUT2D eigenvalue weighted by Crippen LogP contribution is 2.15. The van der Waals surface area contributed by atoms with E-state index in [2.05, 4.69) is 0 Å². The molecule has 0 spiro atoms. The molecule has 0 amide bonds. The highest BCUT2D eigenvalue weighted by molar-refractivity contribution is 5.95. The molecule has 0 saturated carbocycles. The van der Waals surface area contributed by atoms with Gasteiger partial charge < -0.3 is 14.6 Å². The predicted octanol–water partition coefficient (Wildman–Crippen LogP) is 1.19. The van der Waals surface area contributed by atoms with Crippen molar-refractivity contribution in [2.45, 2.75) is 0 Å². The molecule has 0 aliphatic heterocycles. The standard InChI is InChI=1S/C11H6O6/c12-9(13)5-1-2-8-6(3-5)4-7(10(14)15)11(16)17-8/h1-4H,(H,12,13)(H,14,15). The molecule has 1 aromatic carbocycles. The first-order chi connectivity index (χ1) is 7.99. The second-order valence-corrected chi connectivity index (χ2v) is 3.31. The number of benzene rings is 1. The van der Waals surface area contributed by atoms with E-state index in [-0.39, 0.29) is 16.5 Å².